The van der Waals surface area contributed by atoms with Crippen LogP contribution in [0.15, 0.2) is 36.7 Å². The van der Waals surface area contributed by atoms with Crippen LogP contribution in [0.4, 0.5) is 0 Å². The van der Waals surface area contributed by atoms with Crippen molar-refractivity contribution in [2.45, 2.75) is 13.3 Å². The van der Waals surface area contributed by atoms with Gasteiger partial charge in [0.1, 0.15) is 5.69 Å². The third-order valence-electron chi connectivity index (χ3n) is 2.24. The lowest BCUT2D eigenvalue weighted by Crippen LogP contribution is -2.33. The maximum atomic E-state index is 11.5. The number of benzene rings is 1. The second-order valence-electron chi connectivity index (χ2n) is 3.17. The Kier molecular flexibility index (Phi) is 2.58. The maximum Gasteiger partial charge on any atom is 0.317 e. The van der Waals surface area contributed by atoms with E-state index in [1.165, 1.54) is 6.33 Å². The molecular weight excluding hydrogens is 190 g/mol. The summed E-state index contributed by atoms with van der Waals surface area (Å²) >= 11 is 0. The van der Waals surface area contributed by atoms with Gasteiger partial charge in [-0.2, -0.15) is 0 Å². The van der Waals surface area contributed by atoms with Gasteiger partial charge in [-0.15, -0.1) is 0 Å². The van der Waals surface area contributed by atoms with Gasteiger partial charge >= 0.3 is 6.33 Å². The van der Waals surface area contributed by atoms with Crippen LogP contribution in [0.2, 0.25) is 0 Å². The van der Waals surface area contributed by atoms with Gasteiger partial charge in [0.25, 0.3) is 0 Å². The first-order valence-electron chi connectivity index (χ1n) is 4.82. The second-order valence-corrected chi connectivity index (χ2v) is 3.17. The minimum atomic E-state index is 0.642. The molecule has 0 radical (unpaired) electrons. The molecule has 1 aromatic carbocycles. The maximum absolute atomic E-state index is 11.5. The summed E-state index contributed by atoms with van der Waals surface area (Å²) < 4.78 is 0.773. The summed E-state index contributed by atoms with van der Waals surface area (Å²) in [5.41, 5.74) is 2.24. The lowest BCUT2D eigenvalue weighted by molar-refractivity contribution is -0.617. The molecule has 1 heterocycles. The molecule has 0 N–H and O–H groups in total. The fraction of sp³-hybridized carbons (Fsp3) is 0.182. The highest BCUT2D eigenvalue weighted by molar-refractivity contribution is 5.59. The molecule has 0 saturated carbocycles. The van der Waals surface area contributed by atoms with Crippen LogP contribution in [0, 0.1) is 5.21 Å². The molecule has 0 aliphatic carbocycles. The third-order valence-corrected chi connectivity index (χ3v) is 2.24. The van der Waals surface area contributed by atoms with Crippen LogP contribution in [-0.2, 0) is 6.42 Å². The molecule has 0 aliphatic rings. The van der Waals surface area contributed by atoms with Crippen molar-refractivity contribution >= 4 is 0 Å². The SMILES string of the molecule is CCc1c(-c2ccccc2)nnc[n+]1[O-]. The van der Waals surface area contributed by atoms with Gasteiger partial charge in [0.05, 0.1) is 5.10 Å². The van der Waals surface area contributed by atoms with Crippen LogP contribution in [0.3, 0.4) is 0 Å². The van der Waals surface area contributed by atoms with Gasteiger partial charge in [0.15, 0.2) is 5.69 Å². The van der Waals surface area contributed by atoms with Gasteiger partial charge in [-0.25, -0.2) is 4.73 Å². The number of hydrogen-bond acceptors (Lipinski definition) is 3. The molecule has 2 rings (SSSR count). The second kappa shape index (κ2) is 4.04. The largest absolute Gasteiger partial charge is 0.711 e. The molecule has 0 aliphatic heterocycles. The molecule has 1 aromatic heterocycles. The first-order chi connectivity index (χ1) is 7.33. The smallest absolute Gasteiger partial charge is 0.317 e. The summed E-state index contributed by atoms with van der Waals surface area (Å²) in [5, 5.41) is 19.1. The van der Waals surface area contributed by atoms with E-state index >= 15 is 0 Å². The van der Waals surface area contributed by atoms with Gasteiger partial charge < -0.3 is 5.21 Å². The van der Waals surface area contributed by atoms with Gasteiger partial charge in [-0.05, 0) is 5.10 Å². The average molecular weight is 201 g/mol. The molecule has 0 bridgehead atoms. The van der Waals surface area contributed by atoms with Crippen molar-refractivity contribution in [1.82, 2.24) is 10.2 Å². The molecule has 15 heavy (non-hydrogen) atoms. The van der Waals surface area contributed by atoms with Gasteiger partial charge in [-0.1, -0.05) is 37.3 Å². The van der Waals surface area contributed by atoms with Crippen molar-refractivity contribution in [1.29, 1.82) is 0 Å². The third kappa shape index (κ3) is 1.79. The Balaban J connectivity index is 2.58. The van der Waals surface area contributed by atoms with Crippen LogP contribution < -0.4 is 4.73 Å². The Morgan fingerprint density at radius 2 is 2.00 bits per heavy atom. The van der Waals surface area contributed by atoms with E-state index in [0.29, 0.717) is 17.8 Å². The van der Waals surface area contributed by atoms with Crippen molar-refractivity contribution in [2.24, 2.45) is 0 Å². The van der Waals surface area contributed by atoms with E-state index in [1.54, 1.807) is 0 Å². The molecule has 0 saturated heterocycles. The predicted molar refractivity (Wildman–Crippen MR) is 55.8 cm³/mol. The lowest BCUT2D eigenvalue weighted by Gasteiger charge is -2.08. The van der Waals surface area contributed by atoms with E-state index in [9.17, 15) is 5.21 Å². The molecule has 0 spiro atoms. The Hall–Kier alpha value is -1.97. The van der Waals surface area contributed by atoms with Crippen LogP contribution in [0.1, 0.15) is 12.6 Å². The topological polar surface area (TPSA) is 52.7 Å². The highest BCUT2D eigenvalue weighted by Crippen LogP contribution is 2.17. The molecule has 2 aromatic rings. The quantitative estimate of drug-likeness (QED) is 0.544. The van der Waals surface area contributed by atoms with E-state index in [2.05, 4.69) is 10.2 Å². The molecule has 4 nitrogen and oxygen atoms in total. The van der Waals surface area contributed by atoms with Crippen molar-refractivity contribution in [3.8, 4) is 11.3 Å². The normalized spacial score (nSPS) is 10.2. The van der Waals surface area contributed by atoms with Crippen LogP contribution in [0.25, 0.3) is 11.3 Å². The van der Waals surface area contributed by atoms with Crippen LogP contribution in [0.5, 0.6) is 0 Å². The van der Waals surface area contributed by atoms with Crippen molar-refractivity contribution in [3.05, 3.63) is 47.6 Å². The molecular formula is C11H11N3O. The molecule has 0 amide bonds. The summed E-state index contributed by atoms with van der Waals surface area (Å²) in [5.74, 6) is 0. The highest BCUT2D eigenvalue weighted by Gasteiger charge is 2.12. The van der Waals surface area contributed by atoms with E-state index in [1.807, 2.05) is 37.3 Å². The Bertz CT molecular complexity index is 457. The number of rotatable bonds is 2. The average Bonchev–Trinajstić information content (AvgIpc) is 2.30. The van der Waals surface area contributed by atoms with E-state index in [0.717, 1.165) is 10.3 Å². The Morgan fingerprint density at radius 3 is 2.67 bits per heavy atom. The summed E-state index contributed by atoms with van der Waals surface area (Å²) in [6, 6.07) is 9.60. The zero-order valence-electron chi connectivity index (χ0n) is 8.42. The zero-order valence-corrected chi connectivity index (χ0v) is 8.42. The first-order valence-corrected chi connectivity index (χ1v) is 4.82. The van der Waals surface area contributed by atoms with E-state index in [4.69, 9.17) is 0 Å². The Morgan fingerprint density at radius 1 is 1.27 bits per heavy atom. The lowest BCUT2D eigenvalue weighted by atomic mass is 10.1. The minimum Gasteiger partial charge on any atom is -0.711 e. The number of hydrogen-bond donors (Lipinski definition) is 0. The summed E-state index contributed by atoms with van der Waals surface area (Å²) in [6.07, 6.45) is 1.83. The van der Waals surface area contributed by atoms with Crippen molar-refractivity contribution < 1.29 is 4.73 Å². The van der Waals surface area contributed by atoms with Gasteiger partial charge in [-0.3, -0.25) is 0 Å². The van der Waals surface area contributed by atoms with E-state index in [-0.39, 0.29) is 0 Å². The van der Waals surface area contributed by atoms with Crippen molar-refractivity contribution in [3.63, 3.8) is 0 Å². The summed E-state index contributed by atoms with van der Waals surface area (Å²) in [6.45, 7) is 1.93. The molecule has 0 fully saturated rings. The number of aromatic nitrogens is 3. The van der Waals surface area contributed by atoms with Gasteiger partial charge in [0.2, 0.25) is 0 Å². The fourth-order valence-corrected chi connectivity index (χ4v) is 1.51. The molecule has 4 heteroatoms. The highest BCUT2D eigenvalue weighted by atomic mass is 16.5. The standard InChI is InChI=1S/C11H11N3O/c1-2-10-11(13-12-8-14(10)15)9-6-4-3-5-7-9/h3-8H,2H2,1H3. The molecule has 0 atom stereocenters. The zero-order chi connectivity index (χ0) is 10.7. The molecule has 0 unspecified atom stereocenters. The number of nitrogens with zero attached hydrogens (tertiary/aromatic N) is 3. The molecule has 76 valence electrons. The predicted octanol–water partition coefficient (Wildman–Crippen LogP) is 1.34. The van der Waals surface area contributed by atoms with Crippen molar-refractivity contribution in [2.75, 3.05) is 0 Å². The first kappa shape index (κ1) is 9.58. The fourth-order valence-electron chi connectivity index (χ4n) is 1.51. The minimum absolute atomic E-state index is 0.642. The van der Waals surface area contributed by atoms with E-state index < -0.39 is 0 Å². The Labute approximate surface area is 87.8 Å². The summed E-state index contributed by atoms with van der Waals surface area (Å²) in [7, 11) is 0. The monoisotopic (exact) mass is 201 g/mol. The summed E-state index contributed by atoms with van der Waals surface area (Å²) in [4.78, 5) is 0. The van der Waals surface area contributed by atoms with Gasteiger partial charge in [0, 0.05) is 12.0 Å². The van der Waals surface area contributed by atoms with Crippen LogP contribution in [-0.4, -0.2) is 10.2 Å². The van der Waals surface area contributed by atoms with Crippen LogP contribution >= 0.6 is 0 Å².